The van der Waals surface area contributed by atoms with E-state index in [0.29, 0.717) is 36.3 Å². The minimum atomic E-state index is -1.82. The van der Waals surface area contributed by atoms with Crippen molar-refractivity contribution in [1.29, 1.82) is 0 Å². The molecule has 12 nitrogen and oxygen atoms in total. The number of benzene rings is 1. The molecule has 4 atom stereocenters. The molecule has 6 N–H and O–H groups in total. The molecule has 3 heterocycles. The van der Waals surface area contributed by atoms with Crippen LogP contribution in [0.3, 0.4) is 0 Å². The molecule has 3 aromatic rings. The molecule has 0 spiro atoms. The van der Waals surface area contributed by atoms with Gasteiger partial charge in [0.15, 0.2) is 17.2 Å². The van der Waals surface area contributed by atoms with Gasteiger partial charge in [-0.15, -0.1) is 0 Å². The van der Waals surface area contributed by atoms with E-state index in [4.69, 9.17) is 10.5 Å². The highest BCUT2D eigenvalue weighted by atomic mass is 32.2. The van der Waals surface area contributed by atoms with Crippen molar-refractivity contribution >= 4 is 39.5 Å². The van der Waals surface area contributed by atoms with Gasteiger partial charge in [-0.25, -0.2) is 19.7 Å². The zero-order chi connectivity index (χ0) is 27.5. The van der Waals surface area contributed by atoms with Crippen molar-refractivity contribution in [2.45, 2.75) is 57.0 Å². The van der Waals surface area contributed by atoms with E-state index in [0.717, 1.165) is 0 Å². The molecule has 4 unspecified atom stereocenters. The maximum Gasteiger partial charge on any atom is 0.319 e. The van der Waals surface area contributed by atoms with Crippen LogP contribution in [0.5, 0.6) is 0 Å². The molecule has 2 aromatic heterocycles. The van der Waals surface area contributed by atoms with Gasteiger partial charge in [-0.3, -0.25) is 8.78 Å². The molecule has 1 aromatic carbocycles. The minimum absolute atomic E-state index is 0.0451. The molecule has 0 radical (unpaired) electrons. The predicted octanol–water partition coefficient (Wildman–Crippen LogP) is 1.46. The molecule has 0 aliphatic carbocycles. The van der Waals surface area contributed by atoms with E-state index in [1.54, 1.807) is 0 Å². The van der Waals surface area contributed by atoms with Crippen LogP contribution in [-0.4, -0.2) is 76.8 Å². The van der Waals surface area contributed by atoms with Crippen molar-refractivity contribution in [3.05, 3.63) is 42.5 Å². The first-order valence-corrected chi connectivity index (χ1v) is 13.9. The van der Waals surface area contributed by atoms with E-state index in [1.165, 1.54) is 22.8 Å². The fourth-order valence-corrected chi connectivity index (χ4v) is 5.61. The summed E-state index contributed by atoms with van der Waals surface area (Å²) >= 11 is 0. The van der Waals surface area contributed by atoms with Gasteiger partial charge >= 0.3 is 6.03 Å². The number of imidazole rings is 1. The maximum absolute atomic E-state index is 12.6. The zero-order valence-electron chi connectivity index (χ0n) is 21.8. The Bertz CT molecular complexity index is 1290. The number of carbonyl (C=O) groups is 1. The van der Waals surface area contributed by atoms with Crippen molar-refractivity contribution < 1.29 is 24.0 Å². The lowest BCUT2D eigenvalue weighted by Gasteiger charge is -2.27. The lowest BCUT2D eigenvalue weighted by molar-refractivity contribution is -0.107. The topological polar surface area (TPSA) is 178 Å². The summed E-state index contributed by atoms with van der Waals surface area (Å²) in [5.41, 5.74) is 6.50. The second-order valence-corrected chi connectivity index (χ2v) is 12.1. The standard InChI is InChI=1S/C25H35N7O5S/c1-24(2,3)16-6-8-17(9-7-16)31-23(34)27-10-4-5-11-38(36)12-18-20(33)25(35,13-37-18)32-15-30-19-21(26)28-14-29-22(19)32/h6-9,14-15,18,20,33,35H,4-5,10-13H2,1-3H3,(H2,26,28,29)(H2,27,31,34). The first-order chi connectivity index (χ1) is 18.0. The van der Waals surface area contributed by atoms with Crippen molar-refractivity contribution in [3.63, 3.8) is 0 Å². The molecule has 0 bridgehead atoms. The molecule has 1 saturated heterocycles. The molecular formula is C25H35N7O5S. The third-order valence-corrected chi connectivity index (χ3v) is 8.00. The molecular weight excluding hydrogens is 510 g/mol. The molecule has 38 heavy (non-hydrogen) atoms. The second-order valence-electron chi connectivity index (χ2n) is 10.4. The summed E-state index contributed by atoms with van der Waals surface area (Å²) in [6, 6.07) is 7.46. The number of urea groups is 1. The van der Waals surface area contributed by atoms with E-state index in [2.05, 4.69) is 46.4 Å². The minimum Gasteiger partial charge on any atom is -0.385 e. The van der Waals surface area contributed by atoms with Crippen LogP contribution in [0.1, 0.15) is 39.2 Å². The summed E-state index contributed by atoms with van der Waals surface area (Å²) in [5, 5.41) is 27.6. The number of rotatable bonds is 9. The Balaban J connectivity index is 1.18. The smallest absolute Gasteiger partial charge is 0.319 e. The van der Waals surface area contributed by atoms with Crippen LogP contribution in [0.2, 0.25) is 0 Å². The summed E-state index contributed by atoms with van der Waals surface area (Å²) in [7, 11) is -1.29. The number of nitrogen functional groups attached to an aromatic ring is 1. The third-order valence-electron chi connectivity index (χ3n) is 6.56. The number of carbonyl (C=O) groups excluding carboxylic acids is 1. The molecule has 4 rings (SSSR count). The summed E-state index contributed by atoms with van der Waals surface area (Å²) in [5.74, 6) is 0.594. The summed E-state index contributed by atoms with van der Waals surface area (Å²) in [6.45, 7) is 6.61. The van der Waals surface area contributed by atoms with Crippen LogP contribution in [0.15, 0.2) is 36.9 Å². The van der Waals surface area contributed by atoms with Gasteiger partial charge in [-0.2, -0.15) is 0 Å². The number of fused-ring (bicyclic) bond motifs is 1. The average molecular weight is 546 g/mol. The number of amides is 2. The Labute approximate surface area is 223 Å². The largest absolute Gasteiger partial charge is 0.385 e. The monoisotopic (exact) mass is 545 g/mol. The number of aliphatic hydroxyl groups is 2. The molecule has 206 valence electrons. The van der Waals surface area contributed by atoms with E-state index >= 15 is 0 Å². The summed E-state index contributed by atoms with van der Waals surface area (Å²) in [6.07, 6.45) is 1.65. The van der Waals surface area contributed by atoms with Crippen molar-refractivity contribution in [2.75, 3.05) is 35.7 Å². The second kappa shape index (κ2) is 11.3. The molecule has 1 aliphatic rings. The van der Waals surface area contributed by atoms with Crippen molar-refractivity contribution in [2.24, 2.45) is 0 Å². The number of hydrogen-bond donors (Lipinski definition) is 5. The molecule has 2 amide bonds. The van der Waals surface area contributed by atoms with Crippen molar-refractivity contribution in [1.82, 2.24) is 24.8 Å². The normalized spacial score (nSPS) is 22.4. The van der Waals surface area contributed by atoms with Crippen LogP contribution >= 0.6 is 0 Å². The highest BCUT2D eigenvalue weighted by Crippen LogP contribution is 2.33. The van der Waals surface area contributed by atoms with Gasteiger partial charge in [0.2, 0.25) is 0 Å². The Morgan fingerprint density at radius 1 is 1.24 bits per heavy atom. The number of nitrogens with two attached hydrogens (primary N) is 1. The maximum atomic E-state index is 12.6. The fraction of sp³-hybridized carbons (Fsp3) is 0.520. The van der Waals surface area contributed by atoms with Crippen molar-refractivity contribution in [3.8, 4) is 0 Å². The van der Waals surface area contributed by atoms with Crippen LogP contribution in [0.4, 0.5) is 16.3 Å². The Kier molecular flexibility index (Phi) is 8.31. The summed E-state index contributed by atoms with van der Waals surface area (Å²) < 4.78 is 19.5. The molecule has 1 aliphatic heterocycles. The van der Waals surface area contributed by atoms with Crippen LogP contribution in [0, 0.1) is 0 Å². The Hall–Kier alpha value is -3.13. The first kappa shape index (κ1) is 27.9. The fourth-order valence-electron chi connectivity index (χ4n) is 4.28. The zero-order valence-corrected chi connectivity index (χ0v) is 22.6. The van der Waals surface area contributed by atoms with E-state index in [-0.39, 0.29) is 35.3 Å². The van der Waals surface area contributed by atoms with Crippen LogP contribution < -0.4 is 16.4 Å². The number of hydrogen-bond acceptors (Lipinski definition) is 9. The lowest BCUT2D eigenvalue weighted by atomic mass is 9.87. The number of aliphatic hydroxyl groups excluding tert-OH is 1. The number of nitrogens with zero attached hydrogens (tertiary/aromatic N) is 4. The first-order valence-electron chi connectivity index (χ1n) is 12.5. The number of ether oxygens (including phenoxy) is 1. The number of nitrogens with one attached hydrogen (secondary N) is 2. The van der Waals surface area contributed by atoms with Gasteiger partial charge in [-0.1, -0.05) is 32.9 Å². The van der Waals surface area contributed by atoms with E-state index in [9.17, 15) is 19.2 Å². The van der Waals surface area contributed by atoms with Gasteiger partial charge in [-0.05, 0) is 36.0 Å². The quantitative estimate of drug-likeness (QED) is 0.249. The Morgan fingerprint density at radius 3 is 2.68 bits per heavy atom. The number of anilines is 2. The predicted molar refractivity (Wildman–Crippen MR) is 145 cm³/mol. The molecule has 13 heteroatoms. The van der Waals surface area contributed by atoms with E-state index in [1.807, 2.05) is 24.3 Å². The van der Waals surface area contributed by atoms with Crippen LogP contribution in [0.25, 0.3) is 11.2 Å². The average Bonchev–Trinajstić information content (AvgIpc) is 3.42. The van der Waals surface area contributed by atoms with Gasteiger partial charge in [0, 0.05) is 28.8 Å². The number of aromatic nitrogens is 4. The number of unbranched alkanes of at least 4 members (excludes halogenated alkanes) is 1. The SMILES string of the molecule is CC(C)(C)c1ccc(NC(=O)NCCCCS(=O)CC2OCC(O)(n3cnc4c(N)ncnc43)C2O)cc1. The molecule has 1 fully saturated rings. The van der Waals surface area contributed by atoms with Gasteiger partial charge in [0.1, 0.15) is 17.9 Å². The molecule has 0 saturated carbocycles. The Morgan fingerprint density at radius 2 is 1.97 bits per heavy atom. The van der Waals surface area contributed by atoms with Gasteiger partial charge in [0.05, 0.1) is 24.8 Å². The van der Waals surface area contributed by atoms with E-state index < -0.39 is 28.7 Å². The lowest BCUT2D eigenvalue weighted by Crippen LogP contribution is -2.47. The summed E-state index contributed by atoms with van der Waals surface area (Å²) in [4.78, 5) is 24.2. The van der Waals surface area contributed by atoms with Gasteiger partial charge in [0.25, 0.3) is 0 Å². The highest BCUT2D eigenvalue weighted by Gasteiger charge is 2.50. The highest BCUT2D eigenvalue weighted by molar-refractivity contribution is 7.85. The van der Waals surface area contributed by atoms with Crippen LogP contribution in [-0.2, 0) is 26.7 Å². The third kappa shape index (κ3) is 6.12. The van der Waals surface area contributed by atoms with Gasteiger partial charge < -0.3 is 31.3 Å².